The average Bonchev–Trinajstić information content (AvgIpc) is 2.27. The van der Waals surface area contributed by atoms with Gasteiger partial charge in [-0.05, 0) is 11.8 Å². The van der Waals surface area contributed by atoms with Gasteiger partial charge in [-0.3, -0.25) is 0 Å². The predicted octanol–water partition coefficient (Wildman–Crippen LogP) is 2.16. The van der Waals surface area contributed by atoms with E-state index in [1.54, 1.807) is 0 Å². The van der Waals surface area contributed by atoms with E-state index in [9.17, 15) is 0 Å². The van der Waals surface area contributed by atoms with Gasteiger partial charge in [-0.2, -0.15) is 0 Å². The SMILES string of the molecule is CC(C)C1CNCCO[C@@]1(S)C(C)C. The van der Waals surface area contributed by atoms with Crippen molar-refractivity contribution in [1.82, 2.24) is 5.32 Å². The minimum absolute atomic E-state index is 0.266. The van der Waals surface area contributed by atoms with Crippen LogP contribution in [0.15, 0.2) is 0 Å². The second kappa shape index (κ2) is 4.86. The summed E-state index contributed by atoms with van der Waals surface area (Å²) in [5.41, 5.74) is 0. The molecule has 0 bridgehead atoms. The second-order valence-corrected chi connectivity index (χ2v) is 5.51. The monoisotopic (exact) mass is 217 g/mol. The Kier molecular flexibility index (Phi) is 4.29. The van der Waals surface area contributed by atoms with E-state index in [0.717, 1.165) is 19.7 Å². The molecule has 1 saturated heterocycles. The molecule has 1 N–H and O–H groups in total. The maximum atomic E-state index is 5.93. The van der Waals surface area contributed by atoms with E-state index < -0.39 is 0 Å². The third-order valence-corrected chi connectivity index (χ3v) is 4.12. The zero-order valence-electron chi connectivity index (χ0n) is 9.71. The normalized spacial score (nSPS) is 34.9. The van der Waals surface area contributed by atoms with E-state index in [0.29, 0.717) is 17.8 Å². The van der Waals surface area contributed by atoms with Crippen LogP contribution in [0.3, 0.4) is 0 Å². The van der Waals surface area contributed by atoms with Crippen molar-refractivity contribution in [3.63, 3.8) is 0 Å². The van der Waals surface area contributed by atoms with Gasteiger partial charge in [-0.15, -0.1) is 12.6 Å². The number of ether oxygens (including phenoxy) is 1. The van der Waals surface area contributed by atoms with Crippen LogP contribution >= 0.6 is 12.6 Å². The predicted molar refractivity (Wildman–Crippen MR) is 63.7 cm³/mol. The maximum absolute atomic E-state index is 5.93. The number of nitrogens with one attached hydrogen (secondary N) is 1. The summed E-state index contributed by atoms with van der Waals surface area (Å²) in [6.07, 6.45) is 0. The van der Waals surface area contributed by atoms with Crippen LogP contribution in [0, 0.1) is 17.8 Å². The summed E-state index contributed by atoms with van der Waals surface area (Å²) < 4.78 is 5.93. The van der Waals surface area contributed by atoms with Gasteiger partial charge < -0.3 is 10.1 Å². The molecule has 0 aliphatic carbocycles. The lowest BCUT2D eigenvalue weighted by Crippen LogP contribution is -2.44. The first kappa shape index (κ1) is 12.3. The van der Waals surface area contributed by atoms with Crippen LogP contribution in [-0.2, 0) is 4.74 Å². The Morgan fingerprint density at radius 1 is 1.36 bits per heavy atom. The Labute approximate surface area is 93.2 Å². The summed E-state index contributed by atoms with van der Waals surface area (Å²) in [7, 11) is 0. The Bertz CT molecular complexity index is 184. The molecule has 1 unspecified atom stereocenters. The highest BCUT2D eigenvalue weighted by Crippen LogP contribution is 2.39. The summed E-state index contributed by atoms with van der Waals surface area (Å²) in [6, 6.07) is 0. The molecular weight excluding hydrogens is 194 g/mol. The molecule has 1 fully saturated rings. The molecule has 0 aromatic heterocycles. The van der Waals surface area contributed by atoms with Gasteiger partial charge in [-0.1, -0.05) is 27.7 Å². The van der Waals surface area contributed by atoms with Crippen LogP contribution in [0.1, 0.15) is 27.7 Å². The lowest BCUT2D eigenvalue weighted by Gasteiger charge is -2.40. The van der Waals surface area contributed by atoms with Crippen LogP contribution in [-0.4, -0.2) is 24.6 Å². The van der Waals surface area contributed by atoms with Gasteiger partial charge in [0.15, 0.2) is 0 Å². The van der Waals surface area contributed by atoms with Crippen molar-refractivity contribution in [3.8, 4) is 0 Å². The summed E-state index contributed by atoms with van der Waals surface area (Å²) >= 11 is 4.79. The molecule has 0 amide bonds. The largest absolute Gasteiger partial charge is 0.363 e. The van der Waals surface area contributed by atoms with Crippen LogP contribution in [0.25, 0.3) is 0 Å². The van der Waals surface area contributed by atoms with Gasteiger partial charge in [0.05, 0.1) is 6.61 Å². The Morgan fingerprint density at radius 3 is 2.50 bits per heavy atom. The molecule has 1 rings (SSSR count). The van der Waals surface area contributed by atoms with Crippen LogP contribution in [0.2, 0.25) is 0 Å². The van der Waals surface area contributed by atoms with E-state index in [-0.39, 0.29) is 4.93 Å². The fourth-order valence-corrected chi connectivity index (χ4v) is 2.59. The molecule has 0 aromatic rings. The van der Waals surface area contributed by atoms with E-state index in [1.165, 1.54) is 0 Å². The molecule has 0 spiro atoms. The fourth-order valence-electron chi connectivity index (χ4n) is 2.11. The van der Waals surface area contributed by atoms with Gasteiger partial charge in [-0.25, -0.2) is 0 Å². The summed E-state index contributed by atoms with van der Waals surface area (Å²) in [4.78, 5) is -0.266. The van der Waals surface area contributed by atoms with E-state index in [4.69, 9.17) is 17.4 Å². The smallest absolute Gasteiger partial charge is 0.117 e. The van der Waals surface area contributed by atoms with Crippen molar-refractivity contribution in [3.05, 3.63) is 0 Å². The number of thiol groups is 1. The van der Waals surface area contributed by atoms with Crippen molar-refractivity contribution in [2.24, 2.45) is 17.8 Å². The van der Waals surface area contributed by atoms with Crippen molar-refractivity contribution >= 4 is 12.6 Å². The third kappa shape index (κ3) is 2.44. The van der Waals surface area contributed by atoms with E-state index >= 15 is 0 Å². The third-order valence-electron chi connectivity index (χ3n) is 3.14. The first-order valence-electron chi connectivity index (χ1n) is 5.55. The fraction of sp³-hybridized carbons (Fsp3) is 1.00. The van der Waals surface area contributed by atoms with Gasteiger partial charge in [0.2, 0.25) is 0 Å². The number of rotatable bonds is 2. The van der Waals surface area contributed by atoms with Crippen molar-refractivity contribution < 1.29 is 4.74 Å². The Morgan fingerprint density at radius 2 is 2.00 bits per heavy atom. The topological polar surface area (TPSA) is 21.3 Å². The van der Waals surface area contributed by atoms with Gasteiger partial charge in [0.25, 0.3) is 0 Å². The molecule has 2 nitrogen and oxygen atoms in total. The van der Waals surface area contributed by atoms with Crippen LogP contribution in [0.5, 0.6) is 0 Å². The number of hydrogen-bond donors (Lipinski definition) is 2. The van der Waals surface area contributed by atoms with Crippen molar-refractivity contribution in [2.75, 3.05) is 19.7 Å². The summed E-state index contributed by atoms with van der Waals surface area (Å²) in [6.45, 7) is 11.6. The second-order valence-electron chi connectivity index (χ2n) is 4.81. The van der Waals surface area contributed by atoms with Crippen LogP contribution < -0.4 is 5.32 Å². The van der Waals surface area contributed by atoms with E-state index in [1.807, 2.05) is 0 Å². The standard InChI is InChI=1S/C11H23NOS/c1-8(2)10-7-12-5-6-13-11(10,14)9(3)4/h8-10,12,14H,5-7H2,1-4H3/t10?,11-/m1/s1. The highest BCUT2D eigenvalue weighted by atomic mass is 32.1. The molecule has 1 heterocycles. The average molecular weight is 217 g/mol. The molecule has 3 heteroatoms. The molecule has 0 saturated carbocycles. The molecule has 2 atom stereocenters. The lowest BCUT2D eigenvalue weighted by molar-refractivity contribution is -0.0413. The molecule has 0 radical (unpaired) electrons. The van der Waals surface area contributed by atoms with Gasteiger partial charge in [0, 0.05) is 19.0 Å². The van der Waals surface area contributed by atoms with Gasteiger partial charge in [0.1, 0.15) is 4.93 Å². The first-order valence-corrected chi connectivity index (χ1v) is 6.00. The summed E-state index contributed by atoms with van der Waals surface area (Å²) in [5.74, 6) is 1.52. The quantitative estimate of drug-likeness (QED) is 0.692. The molecule has 14 heavy (non-hydrogen) atoms. The zero-order chi connectivity index (χ0) is 10.8. The minimum Gasteiger partial charge on any atom is -0.363 e. The number of hydrogen-bond acceptors (Lipinski definition) is 3. The van der Waals surface area contributed by atoms with Crippen molar-refractivity contribution in [1.29, 1.82) is 0 Å². The minimum atomic E-state index is -0.266. The lowest BCUT2D eigenvalue weighted by atomic mass is 9.84. The Hall–Kier alpha value is 0.270. The molecule has 0 aromatic carbocycles. The molecular formula is C11H23NOS. The Balaban J connectivity index is 2.83. The summed E-state index contributed by atoms with van der Waals surface area (Å²) in [5, 5.41) is 3.41. The van der Waals surface area contributed by atoms with Gasteiger partial charge >= 0.3 is 0 Å². The highest BCUT2D eigenvalue weighted by molar-refractivity contribution is 7.81. The molecule has 84 valence electrons. The highest BCUT2D eigenvalue weighted by Gasteiger charge is 2.41. The van der Waals surface area contributed by atoms with E-state index in [2.05, 4.69) is 33.0 Å². The van der Waals surface area contributed by atoms with Crippen LogP contribution in [0.4, 0.5) is 0 Å². The molecule has 1 aliphatic rings. The zero-order valence-corrected chi connectivity index (χ0v) is 10.6. The van der Waals surface area contributed by atoms with Crippen molar-refractivity contribution in [2.45, 2.75) is 32.6 Å². The molecule has 1 aliphatic heterocycles. The first-order chi connectivity index (χ1) is 6.48. The maximum Gasteiger partial charge on any atom is 0.117 e.